The van der Waals surface area contributed by atoms with E-state index in [1.54, 1.807) is 0 Å². The molecule has 0 radical (unpaired) electrons. The quantitative estimate of drug-likeness (QED) is 0.584. The van der Waals surface area contributed by atoms with Crippen molar-refractivity contribution in [3.63, 3.8) is 0 Å². The van der Waals surface area contributed by atoms with Gasteiger partial charge < -0.3 is 19.2 Å². The van der Waals surface area contributed by atoms with E-state index < -0.39 is 0 Å². The minimum Gasteiger partial charge on any atom is -0.378 e. The summed E-state index contributed by atoms with van der Waals surface area (Å²) in [5, 5.41) is 0. The fraction of sp³-hybridized carbons (Fsp3) is 0.727. The molecule has 1 aromatic rings. The van der Waals surface area contributed by atoms with E-state index in [0.29, 0.717) is 6.61 Å². The Morgan fingerprint density at radius 3 is 2.81 bits per heavy atom. The highest BCUT2D eigenvalue weighted by Gasteiger charge is 2.01. The number of rotatable bonds is 7. The molecule has 16 heavy (non-hydrogen) atoms. The zero-order chi connectivity index (χ0) is 12.0. The van der Waals surface area contributed by atoms with Gasteiger partial charge in [0, 0.05) is 25.0 Å². The Morgan fingerprint density at radius 2 is 2.19 bits per heavy atom. The molecule has 5 heteroatoms. The van der Waals surface area contributed by atoms with Gasteiger partial charge in [-0.15, -0.1) is 0 Å². The van der Waals surface area contributed by atoms with Crippen LogP contribution in [0.15, 0.2) is 6.20 Å². The zero-order valence-corrected chi connectivity index (χ0v) is 11.1. The average Bonchev–Trinajstić information content (AvgIpc) is 2.59. The molecule has 0 aromatic carbocycles. The fourth-order valence-electron chi connectivity index (χ4n) is 1.47. The Hall–Kier alpha value is -0.650. The number of aryl methyl sites for hydroxylation is 1. The standard InChI is InChI=1S/C11H21N3OS/c1-4-10-9-12-11(16)14(10)6-8-15-7-5-13(2)3/h9H,4-8H2,1-3H3,(H,12,16). The minimum absolute atomic E-state index is 0.715. The van der Waals surface area contributed by atoms with Crippen molar-refractivity contribution in [3.05, 3.63) is 16.7 Å². The summed E-state index contributed by atoms with van der Waals surface area (Å²) in [5.74, 6) is 0. The number of hydrogen-bond acceptors (Lipinski definition) is 3. The zero-order valence-electron chi connectivity index (χ0n) is 10.3. The van der Waals surface area contributed by atoms with E-state index in [4.69, 9.17) is 17.0 Å². The van der Waals surface area contributed by atoms with Crippen molar-refractivity contribution in [2.75, 3.05) is 33.9 Å². The molecule has 0 saturated heterocycles. The van der Waals surface area contributed by atoms with Crippen LogP contribution in [0.2, 0.25) is 0 Å². The number of nitrogens with zero attached hydrogens (tertiary/aromatic N) is 2. The maximum atomic E-state index is 5.55. The SMILES string of the molecule is CCc1c[nH]c(=S)n1CCOCCN(C)C. The third-order valence-electron chi connectivity index (χ3n) is 2.46. The van der Waals surface area contributed by atoms with Crippen molar-refractivity contribution < 1.29 is 4.74 Å². The minimum atomic E-state index is 0.715. The van der Waals surface area contributed by atoms with Crippen LogP contribution >= 0.6 is 12.2 Å². The maximum Gasteiger partial charge on any atom is 0.177 e. The van der Waals surface area contributed by atoms with Gasteiger partial charge >= 0.3 is 0 Å². The van der Waals surface area contributed by atoms with Gasteiger partial charge in [0.2, 0.25) is 0 Å². The molecule has 0 spiro atoms. The predicted octanol–water partition coefficient (Wildman–Crippen LogP) is 1.69. The summed E-state index contributed by atoms with van der Waals surface area (Å²) < 4.78 is 8.44. The highest BCUT2D eigenvalue weighted by atomic mass is 32.1. The lowest BCUT2D eigenvalue weighted by Crippen LogP contribution is -2.19. The number of imidazole rings is 1. The predicted molar refractivity (Wildman–Crippen MR) is 68.4 cm³/mol. The topological polar surface area (TPSA) is 33.2 Å². The molecule has 0 bridgehead atoms. The van der Waals surface area contributed by atoms with E-state index >= 15 is 0 Å². The Morgan fingerprint density at radius 1 is 1.44 bits per heavy atom. The van der Waals surface area contributed by atoms with Crippen LogP contribution in [0, 0.1) is 4.77 Å². The molecule has 1 aromatic heterocycles. The molecule has 0 saturated carbocycles. The van der Waals surface area contributed by atoms with Crippen molar-refractivity contribution in [1.82, 2.24) is 14.5 Å². The lowest BCUT2D eigenvalue weighted by atomic mass is 10.3. The Bertz CT molecular complexity index is 356. The van der Waals surface area contributed by atoms with Crippen molar-refractivity contribution in [3.8, 4) is 0 Å². The highest BCUT2D eigenvalue weighted by molar-refractivity contribution is 7.71. The summed E-state index contributed by atoms with van der Waals surface area (Å²) in [5.41, 5.74) is 1.24. The van der Waals surface area contributed by atoms with Gasteiger partial charge in [-0.05, 0) is 32.7 Å². The van der Waals surface area contributed by atoms with E-state index in [2.05, 4.69) is 21.4 Å². The molecule has 0 aliphatic carbocycles. The fourth-order valence-corrected chi connectivity index (χ4v) is 1.74. The van der Waals surface area contributed by atoms with E-state index in [9.17, 15) is 0 Å². The lowest BCUT2D eigenvalue weighted by Gasteiger charge is -2.11. The second-order valence-electron chi connectivity index (χ2n) is 4.01. The van der Waals surface area contributed by atoms with Crippen LogP contribution in [0.25, 0.3) is 0 Å². The van der Waals surface area contributed by atoms with Crippen LogP contribution < -0.4 is 0 Å². The second kappa shape index (κ2) is 6.83. The largest absolute Gasteiger partial charge is 0.378 e. The van der Waals surface area contributed by atoms with Gasteiger partial charge in [0.1, 0.15) is 0 Å². The molecular weight excluding hydrogens is 222 g/mol. The molecule has 1 rings (SSSR count). The summed E-state index contributed by atoms with van der Waals surface area (Å²) in [6.07, 6.45) is 2.97. The summed E-state index contributed by atoms with van der Waals surface area (Å²) in [6.45, 7) is 5.40. The van der Waals surface area contributed by atoms with Crippen LogP contribution in [0.4, 0.5) is 0 Å². The first-order valence-corrected chi connectivity index (χ1v) is 6.05. The lowest BCUT2D eigenvalue weighted by molar-refractivity contribution is 0.110. The number of ether oxygens (including phenoxy) is 1. The monoisotopic (exact) mass is 243 g/mol. The van der Waals surface area contributed by atoms with Gasteiger partial charge in [-0.25, -0.2) is 0 Å². The van der Waals surface area contributed by atoms with Gasteiger partial charge in [0.25, 0.3) is 0 Å². The number of aromatic nitrogens is 2. The number of likely N-dealkylation sites (N-methyl/N-ethyl adjacent to an activating group) is 1. The average molecular weight is 243 g/mol. The smallest absolute Gasteiger partial charge is 0.177 e. The third kappa shape index (κ3) is 4.08. The molecule has 4 nitrogen and oxygen atoms in total. The molecular formula is C11H21N3OS. The first kappa shape index (κ1) is 13.4. The Kier molecular flexibility index (Phi) is 5.73. The van der Waals surface area contributed by atoms with Crippen molar-refractivity contribution in [2.45, 2.75) is 19.9 Å². The molecule has 0 unspecified atom stereocenters. The Labute approximate surface area is 102 Å². The molecule has 0 amide bonds. The molecule has 1 N–H and O–H groups in total. The maximum absolute atomic E-state index is 5.55. The second-order valence-corrected chi connectivity index (χ2v) is 4.39. The van der Waals surface area contributed by atoms with Crippen LogP contribution in [-0.4, -0.2) is 48.3 Å². The Balaban J connectivity index is 2.31. The first-order chi connectivity index (χ1) is 7.65. The van der Waals surface area contributed by atoms with Crippen LogP contribution in [0.1, 0.15) is 12.6 Å². The molecule has 0 aliphatic rings. The van der Waals surface area contributed by atoms with Gasteiger partial charge in [0.05, 0.1) is 13.2 Å². The number of aromatic amines is 1. The molecule has 0 atom stereocenters. The molecule has 1 heterocycles. The molecule has 92 valence electrons. The number of hydrogen-bond donors (Lipinski definition) is 1. The van der Waals surface area contributed by atoms with Gasteiger partial charge in [-0.1, -0.05) is 6.92 Å². The van der Waals surface area contributed by atoms with E-state index in [0.717, 1.165) is 30.9 Å². The van der Waals surface area contributed by atoms with E-state index in [-0.39, 0.29) is 0 Å². The van der Waals surface area contributed by atoms with Gasteiger partial charge in [-0.2, -0.15) is 0 Å². The van der Waals surface area contributed by atoms with Crippen LogP contribution in [0.5, 0.6) is 0 Å². The van der Waals surface area contributed by atoms with Crippen molar-refractivity contribution in [2.24, 2.45) is 0 Å². The van der Waals surface area contributed by atoms with Crippen molar-refractivity contribution >= 4 is 12.2 Å². The highest BCUT2D eigenvalue weighted by Crippen LogP contribution is 2.02. The summed E-state index contributed by atoms with van der Waals surface area (Å²) in [6, 6.07) is 0. The summed E-state index contributed by atoms with van der Waals surface area (Å²) >= 11 is 5.20. The van der Waals surface area contributed by atoms with Gasteiger partial charge in [0.15, 0.2) is 4.77 Å². The van der Waals surface area contributed by atoms with Crippen LogP contribution in [-0.2, 0) is 17.7 Å². The number of nitrogens with one attached hydrogen (secondary N) is 1. The summed E-state index contributed by atoms with van der Waals surface area (Å²) in [4.78, 5) is 5.17. The normalized spacial score (nSPS) is 11.2. The van der Waals surface area contributed by atoms with Gasteiger partial charge in [-0.3, -0.25) is 0 Å². The summed E-state index contributed by atoms with van der Waals surface area (Å²) in [7, 11) is 4.08. The first-order valence-electron chi connectivity index (χ1n) is 5.64. The van der Waals surface area contributed by atoms with Crippen LogP contribution in [0.3, 0.4) is 0 Å². The molecule has 0 aliphatic heterocycles. The van der Waals surface area contributed by atoms with E-state index in [1.165, 1.54) is 5.69 Å². The van der Waals surface area contributed by atoms with Crippen molar-refractivity contribution in [1.29, 1.82) is 0 Å². The number of H-pyrrole nitrogens is 1. The van der Waals surface area contributed by atoms with E-state index in [1.807, 2.05) is 20.3 Å². The molecule has 0 fully saturated rings. The third-order valence-corrected chi connectivity index (χ3v) is 2.80.